The first-order valence-electron chi connectivity index (χ1n) is 20.5. The van der Waals surface area contributed by atoms with E-state index in [2.05, 4.69) is 31.9 Å². The highest BCUT2D eigenvalue weighted by Crippen LogP contribution is 2.32. The first-order chi connectivity index (χ1) is 30.7. The summed E-state index contributed by atoms with van der Waals surface area (Å²) in [6, 6.07) is 9.12. The lowest BCUT2D eigenvalue weighted by molar-refractivity contribution is -0.145. The molecule has 0 aliphatic heterocycles. The molecule has 0 spiro atoms. The van der Waals surface area contributed by atoms with E-state index in [-0.39, 0.29) is 51.3 Å². The second kappa shape index (κ2) is 24.4. The highest BCUT2D eigenvalue weighted by Gasteiger charge is 2.22. The highest BCUT2D eigenvalue weighted by atomic mass is 16.6. The lowest BCUT2D eigenvalue weighted by Gasteiger charge is -2.19. The first-order valence-corrected chi connectivity index (χ1v) is 20.5. The molecule has 2 aromatic carbocycles. The minimum Gasteiger partial charge on any atom is -0.493 e. The zero-order valence-corrected chi connectivity index (χ0v) is 37.7. The molecule has 22 heteroatoms. The van der Waals surface area contributed by atoms with Gasteiger partial charge < -0.3 is 69.8 Å². The van der Waals surface area contributed by atoms with Gasteiger partial charge in [0.05, 0.1) is 54.7 Å². The summed E-state index contributed by atoms with van der Waals surface area (Å²) in [7, 11) is 6.20. The fourth-order valence-electron chi connectivity index (χ4n) is 5.77. The molecule has 6 N–H and O–H groups in total. The Kier molecular flexibility index (Phi) is 18.8. The number of ether oxygens (including phenoxy) is 8. The van der Waals surface area contributed by atoms with E-state index in [1.54, 1.807) is 68.3 Å². The maximum absolute atomic E-state index is 12.6. The Balaban J connectivity index is 1.69. The summed E-state index contributed by atoms with van der Waals surface area (Å²) in [4.78, 5) is 68.3. The zero-order valence-electron chi connectivity index (χ0n) is 37.7. The highest BCUT2D eigenvalue weighted by molar-refractivity contribution is 5.94. The third-order valence-electron chi connectivity index (χ3n) is 9.02. The SMILES string of the molecule is CCOC(=O)[C@H](C)NC(=O)OC(C)CNc1nc(NCc2ccc(OC)c(OC)c2)c2nc(NCC(C)OC(=O)N[C@@H](C)C(=O)OCC)nc(NCc3ccc(OC)c(OC)c3)c2n1. The summed E-state index contributed by atoms with van der Waals surface area (Å²) >= 11 is 0. The van der Waals surface area contributed by atoms with Gasteiger partial charge in [-0.1, -0.05) is 12.1 Å². The summed E-state index contributed by atoms with van der Waals surface area (Å²) in [6.45, 7) is 10.6. The summed E-state index contributed by atoms with van der Waals surface area (Å²) in [5.74, 6) is 1.87. The van der Waals surface area contributed by atoms with Crippen molar-refractivity contribution >= 4 is 58.7 Å². The van der Waals surface area contributed by atoms with Crippen molar-refractivity contribution in [3.63, 3.8) is 0 Å². The third-order valence-corrected chi connectivity index (χ3v) is 9.02. The standard InChI is InChI=1S/C42H58N10O12/c1-11-61-37(53)25(5)47-41(55)63-23(3)19-45-39-49-33-34(35(51-39)43-21-27-13-15-29(57-7)31(17-27)59-9)50-40(46-20-24(4)64-42(56)48-26(6)38(54)62-12-2)52-36(33)44-22-28-14-16-30(58-8)32(18-28)60-10/h13-18,23-26H,11-12,19-22H2,1-10H3,(H,47,55)(H,48,56)(H2,43,45,49,51)(H2,44,46,50,52)/t23?,24?,25-,26-/m0/s1. The van der Waals surface area contributed by atoms with Gasteiger partial charge in [0.2, 0.25) is 11.9 Å². The predicted octanol–water partition coefficient (Wildman–Crippen LogP) is 4.63. The average Bonchev–Trinajstić information content (AvgIpc) is 3.28. The van der Waals surface area contributed by atoms with Gasteiger partial charge in [-0.15, -0.1) is 0 Å². The predicted molar refractivity (Wildman–Crippen MR) is 236 cm³/mol. The van der Waals surface area contributed by atoms with E-state index < -0.39 is 48.4 Å². The van der Waals surface area contributed by atoms with E-state index >= 15 is 0 Å². The van der Waals surface area contributed by atoms with E-state index in [9.17, 15) is 19.2 Å². The monoisotopic (exact) mass is 894 g/mol. The Labute approximate surface area is 371 Å². The molecule has 0 aliphatic carbocycles. The number of methoxy groups -OCH3 is 4. The van der Waals surface area contributed by atoms with E-state index in [0.717, 1.165) is 11.1 Å². The molecule has 2 amide bonds. The Hall–Kier alpha value is -7.26. The number of amides is 2. The van der Waals surface area contributed by atoms with Crippen LogP contribution in [0.1, 0.15) is 52.7 Å². The zero-order chi connectivity index (χ0) is 46.8. The van der Waals surface area contributed by atoms with E-state index in [0.29, 0.717) is 45.7 Å². The molecule has 348 valence electrons. The Morgan fingerprint density at radius 1 is 0.531 bits per heavy atom. The molecular weight excluding hydrogens is 837 g/mol. The minimum atomic E-state index is -0.915. The van der Waals surface area contributed by atoms with Crippen LogP contribution in [0.3, 0.4) is 0 Å². The largest absolute Gasteiger partial charge is 0.493 e. The van der Waals surface area contributed by atoms with Gasteiger partial charge in [0.15, 0.2) is 34.6 Å². The number of rotatable bonds is 24. The van der Waals surface area contributed by atoms with Gasteiger partial charge in [0.25, 0.3) is 0 Å². The second-order valence-corrected chi connectivity index (χ2v) is 14.0. The number of benzene rings is 2. The van der Waals surface area contributed by atoms with Crippen LogP contribution in [0.25, 0.3) is 11.0 Å². The maximum atomic E-state index is 12.6. The molecule has 0 saturated carbocycles. The number of alkyl carbamates (subject to hydrolysis) is 2. The molecule has 0 fully saturated rings. The Bertz CT molecular complexity index is 2060. The van der Waals surface area contributed by atoms with Crippen LogP contribution in [0.4, 0.5) is 33.1 Å². The summed E-state index contributed by atoms with van der Waals surface area (Å²) < 4.78 is 42.7. The maximum Gasteiger partial charge on any atom is 0.408 e. The molecule has 4 atom stereocenters. The number of hydrogen-bond donors (Lipinski definition) is 6. The number of carbonyl (C=O) groups excluding carboxylic acids is 4. The average molecular weight is 895 g/mol. The van der Waals surface area contributed by atoms with Crippen molar-refractivity contribution in [2.24, 2.45) is 0 Å². The molecule has 4 aromatic rings. The van der Waals surface area contributed by atoms with Crippen molar-refractivity contribution in [3.05, 3.63) is 47.5 Å². The molecule has 2 heterocycles. The minimum absolute atomic E-state index is 0.0702. The molecule has 22 nitrogen and oxygen atoms in total. The van der Waals surface area contributed by atoms with Crippen LogP contribution in [-0.2, 0) is 41.6 Å². The van der Waals surface area contributed by atoms with Crippen LogP contribution in [0, 0.1) is 0 Å². The van der Waals surface area contributed by atoms with Gasteiger partial charge in [0, 0.05) is 13.1 Å². The van der Waals surface area contributed by atoms with Gasteiger partial charge in [-0.25, -0.2) is 29.1 Å². The van der Waals surface area contributed by atoms with Crippen LogP contribution in [0.2, 0.25) is 0 Å². The van der Waals surface area contributed by atoms with Crippen LogP contribution in [0.5, 0.6) is 23.0 Å². The number of nitrogens with one attached hydrogen (secondary N) is 6. The Morgan fingerprint density at radius 3 is 1.25 bits per heavy atom. The van der Waals surface area contributed by atoms with Gasteiger partial charge in [-0.2, -0.15) is 9.97 Å². The summed E-state index contributed by atoms with van der Waals surface area (Å²) in [5, 5.41) is 17.9. The molecule has 0 saturated heterocycles. The van der Waals surface area contributed by atoms with Crippen molar-refractivity contribution in [2.75, 3.05) is 76.0 Å². The first kappa shape index (κ1) is 49.4. The van der Waals surface area contributed by atoms with E-state index in [1.165, 1.54) is 13.8 Å². The number of fused-ring (bicyclic) bond motifs is 1. The Morgan fingerprint density at radius 2 is 0.906 bits per heavy atom. The smallest absolute Gasteiger partial charge is 0.408 e. The van der Waals surface area contributed by atoms with Crippen molar-refractivity contribution < 1.29 is 57.1 Å². The second-order valence-electron chi connectivity index (χ2n) is 14.0. The molecular formula is C42H58N10O12. The fourth-order valence-corrected chi connectivity index (χ4v) is 5.77. The molecule has 2 aromatic heterocycles. The normalized spacial score (nSPS) is 12.6. The van der Waals surface area contributed by atoms with Crippen LogP contribution in [0.15, 0.2) is 36.4 Å². The molecule has 4 rings (SSSR count). The van der Waals surface area contributed by atoms with Crippen molar-refractivity contribution in [2.45, 2.75) is 78.9 Å². The third kappa shape index (κ3) is 14.4. The van der Waals surface area contributed by atoms with Gasteiger partial charge in [0.1, 0.15) is 35.3 Å². The molecule has 0 aliphatic rings. The van der Waals surface area contributed by atoms with E-state index in [1.807, 2.05) is 24.3 Å². The van der Waals surface area contributed by atoms with Crippen LogP contribution < -0.4 is 50.8 Å². The van der Waals surface area contributed by atoms with Crippen LogP contribution >= 0.6 is 0 Å². The lowest BCUT2D eigenvalue weighted by atomic mass is 10.2. The number of aromatic nitrogens is 4. The topological polar surface area (TPSA) is 266 Å². The van der Waals surface area contributed by atoms with Crippen molar-refractivity contribution in [1.29, 1.82) is 0 Å². The molecule has 2 unspecified atom stereocenters. The lowest BCUT2D eigenvalue weighted by Crippen LogP contribution is -2.41. The van der Waals surface area contributed by atoms with Gasteiger partial charge in [-0.05, 0) is 76.9 Å². The number of carbonyl (C=O) groups is 4. The molecule has 0 radical (unpaired) electrons. The number of anilines is 4. The summed E-state index contributed by atoms with van der Waals surface area (Å²) in [6.07, 6.45) is -3.04. The number of hydrogen-bond acceptors (Lipinski definition) is 20. The van der Waals surface area contributed by atoms with Crippen molar-refractivity contribution in [3.8, 4) is 23.0 Å². The quantitative estimate of drug-likeness (QED) is 0.0413. The molecule has 0 bridgehead atoms. The van der Waals surface area contributed by atoms with Gasteiger partial charge >= 0.3 is 24.1 Å². The van der Waals surface area contributed by atoms with Gasteiger partial charge in [-0.3, -0.25) is 0 Å². The van der Waals surface area contributed by atoms with Crippen LogP contribution in [-0.4, -0.2) is 123 Å². The number of nitrogens with zero attached hydrogens (tertiary/aromatic N) is 4. The summed E-state index contributed by atoms with van der Waals surface area (Å²) in [5.41, 5.74) is 2.27. The fraction of sp³-hybridized carbons (Fsp3) is 0.476. The molecule has 64 heavy (non-hydrogen) atoms. The number of esters is 2. The van der Waals surface area contributed by atoms with Crippen molar-refractivity contribution in [1.82, 2.24) is 30.6 Å². The van der Waals surface area contributed by atoms with E-state index in [4.69, 9.17) is 57.8 Å².